The third-order valence-corrected chi connectivity index (χ3v) is 3.57. The molecule has 17 heavy (non-hydrogen) atoms. The van der Waals surface area contributed by atoms with Crippen LogP contribution in [0.5, 0.6) is 0 Å². The first kappa shape index (κ1) is 12.1. The van der Waals surface area contributed by atoms with Gasteiger partial charge in [0, 0.05) is 19.5 Å². The van der Waals surface area contributed by atoms with E-state index in [2.05, 4.69) is 38.1 Å². The summed E-state index contributed by atoms with van der Waals surface area (Å²) in [4.78, 5) is 13.3. The molecule has 2 atom stereocenters. The molecule has 0 saturated carbocycles. The monoisotopic (exact) mass is 232 g/mol. The maximum absolute atomic E-state index is 11.6. The molecule has 1 aliphatic heterocycles. The number of likely N-dealkylation sites (tertiary alicyclic amines) is 1. The Kier molecular flexibility index (Phi) is 3.20. The zero-order valence-corrected chi connectivity index (χ0v) is 10.7. The quantitative estimate of drug-likeness (QED) is 0.848. The van der Waals surface area contributed by atoms with Gasteiger partial charge in [0.05, 0.1) is 6.04 Å². The average Bonchev–Trinajstić information content (AvgIpc) is 2.53. The van der Waals surface area contributed by atoms with Gasteiger partial charge in [-0.25, -0.2) is 0 Å². The summed E-state index contributed by atoms with van der Waals surface area (Å²) in [5.41, 5.74) is 8.48. The second-order valence-electron chi connectivity index (χ2n) is 5.14. The Bertz CT molecular complexity index is 411. The predicted molar refractivity (Wildman–Crippen MR) is 68.6 cm³/mol. The third kappa shape index (κ3) is 2.20. The van der Waals surface area contributed by atoms with Crippen molar-refractivity contribution in [2.75, 3.05) is 7.05 Å². The number of benzene rings is 1. The van der Waals surface area contributed by atoms with Gasteiger partial charge in [0.25, 0.3) is 0 Å². The highest BCUT2D eigenvalue weighted by atomic mass is 16.2. The lowest BCUT2D eigenvalue weighted by Gasteiger charge is -2.23. The van der Waals surface area contributed by atoms with Crippen molar-refractivity contribution in [3.8, 4) is 0 Å². The second kappa shape index (κ2) is 4.49. The van der Waals surface area contributed by atoms with Crippen molar-refractivity contribution in [3.05, 3.63) is 35.4 Å². The lowest BCUT2D eigenvalue weighted by molar-refractivity contribution is -0.127. The van der Waals surface area contributed by atoms with E-state index < -0.39 is 0 Å². The van der Waals surface area contributed by atoms with Crippen molar-refractivity contribution in [1.82, 2.24) is 4.90 Å². The maximum atomic E-state index is 11.6. The number of hydrogen-bond acceptors (Lipinski definition) is 2. The number of nitrogens with two attached hydrogens (primary N) is 1. The predicted octanol–water partition coefficient (Wildman–Crippen LogP) is 2.04. The van der Waals surface area contributed by atoms with Gasteiger partial charge in [0.15, 0.2) is 0 Å². The highest BCUT2D eigenvalue weighted by Crippen LogP contribution is 2.31. The smallest absolute Gasteiger partial charge is 0.224 e. The van der Waals surface area contributed by atoms with Crippen LogP contribution in [0.1, 0.15) is 43.4 Å². The Morgan fingerprint density at radius 3 is 2.29 bits per heavy atom. The summed E-state index contributed by atoms with van der Waals surface area (Å²) in [6.45, 7) is 4.35. The minimum atomic E-state index is -0.0857. The van der Waals surface area contributed by atoms with E-state index in [-0.39, 0.29) is 18.0 Å². The third-order valence-electron chi connectivity index (χ3n) is 3.57. The number of carbonyl (C=O) groups is 1. The van der Waals surface area contributed by atoms with Gasteiger partial charge in [-0.2, -0.15) is 0 Å². The van der Waals surface area contributed by atoms with Crippen LogP contribution in [-0.4, -0.2) is 23.9 Å². The minimum absolute atomic E-state index is 0.0312. The average molecular weight is 232 g/mol. The van der Waals surface area contributed by atoms with Crippen molar-refractivity contribution in [2.24, 2.45) is 5.73 Å². The van der Waals surface area contributed by atoms with E-state index in [1.165, 1.54) is 5.56 Å². The molecule has 0 radical (unpaired) electrons. The van der Waals surface area contributed by atoms with Crippen molar-refractivity contribution in [2.45, 2.75) is 38.3 Å². The number of amides is 1. The van der Waals surface area contributed by atoms with Crippen LogP contribution in [0.15, 0.2) is 24.3 Å². The SMILES string of the molecule is CC(C)c1ccc([C@H]2[C@H](N)CC(=O)N2C)cc1. The molecule has 0 bridgehead atoms. The molecular weight excluding hydrogens is 212 g/mol. The van der Waals surface area contributed by atoms with Gasteiger partial charge in [-0.3, -0.25) is 4.79 Å². The number of hydrogen-bond donors (Lipinski definition) is 1. The number of likely N-dealkylation sites (N-methyl/N-ethyl adjacent to an activating group) is 1. The minimum Gasteiger partial charge on any atom is -0.337 e. The molecule has 1 aromatic carbocycles. The Balaban J connectivity index is 2.25. The summed E-state index contributed by atoms with van der Waals surface area (Å²) in [5.74, 6) is 0.663. The Labute approximate surface area is 103 Å². The van der Waals surface area contributed by atoms with Gasteiger partial charge in [-0.1, -0.05) is 38.1 Å². The van der Waals surface area contributed by atoms with Crippen molar-refractivity contribution >= 4 is 5.91 Å². The van der Waals surface area contributed by atoms with E-state index in [1.54, 1.807) is 4.90 Å². The Morgan fingerprint density at radius 2 is 1.88 bits per heavy atom. The van der Waals surface area contributed by atoms with E-state index in [0.29, 0.717) is 12.3 Å². The molecule has 3 heteroatoms. The standard InChI is InChI=1S/C14H20N2O/c1-9(2)10-4-6-11(7-5-10)14-12(15)8-13(17)16(14)3/h4-7,9,12,14H,8,15H2,1-3H3/t12-,14+/m1/s1. The lowest BCUT2D eigenvalue weighted by Crippen LogP contribution is -2.30. The van der Waals surface area contributed by atoms with Gasteiger partial charge in [0.2, 0.25) is 5.91 Å². The first-order valence-corrected chi connectivity index (χ1v) is 6.12. The Morgan fingerprint density at radius 1 is 1.29 bits per heavy atom. The van der Waals surface area contributed by atoms with Crippen LogP contribution in [0.3, 0.4) is 0 Å². The lowest BCUT2D eigenvalue weighted by atomic mass is 9.96. The van der Waals surface area contributed by atoms with Crippen LogP contribution in [-0.2, 0) is 4.79 Å². The molecule has 2 N–H and O–H groups in total. The van der Waals surface area contributed by atoms with Crippen LogP contribution >= 0.6 is 0 Å². The van der Waals surface area contributed by atoms with Gasteiger partial charge < -0.3 is 10.6 Å². The van der Waals surface area contributed by atoms with Crippen LogP contribution in [0, 0.1) is 0 Å². The largest absolute Gasteiger partial charge is 0.337 e. The molecule has 0 unspecified atom stereocenters. The highest BCUT2D eigenvalue weighted by Gasteiger charge is 2.35. The molecule has 0 aliphatic carbocycles. The molecule has 1 aromatic rings. The molecule has 3 nitrogen and oxygen atoms in total. The highest BCUT2D eigenvalue weighted by molar-refractivity contribution is 5.80. The fourth-order valence-electron chi connectivity index (χ4n) is 2.45. The van der Waals surface area contributed by atoms with Crippen molar-refractivity contribution in [3.63, 3.8) is 0 Å². The second-order valence-corrected chi connectivity index (χ2v) is 5.14. The molecule has 1 fully saturated rings. The van der Waals surface area contributed by atoms with E-state index in [0.717, 1.165) is 5.56 Å². The van der Waals surface area contributed by atoms with Gasteiger partial charge in [-0.15, -0.1) is 0 Å². The van der Waals surface area contributed by atoms with E-state index >= 15 is 0 Å². The molecule has 1 heterocycles. The van der Waals surface area contributed by atoms with Crippen LogP contribution in [0.4, 0.5) is 0 Å². The molecule has 0 spiro atoms. The Hall–Kier alpha value is -1.35. The van der Waals surface area contributed by atoms with E-state index in [4.69, 9.17) is 5.73 Å². The summed E-state index contributed by atoms with van der Waals surface area (Å²) < 4.78 is 0. The molecule has 0 aromatic heterocycles. The molecule has 92 valence electrons. The number of nitrogens with zero attached hydrogens (tertiary/aromatic N) is 1. The molecule has 1 aliphatic rings. The van der Waals surface area contributed by atoms with Crippen LogP contribution in [0.2, 0.25) is 0 Å². The number of carbonyl (C=O) groups excluding carboxylic acids is 1. The van der Waals surface area contributed by atoms with Crippen molar-refractivity contribution < 1.29 is 4.79 Å². The summed E-state index contributed by atoms with van der Waals surface area (Å²) in [5, 5.41) is 0. The summed E-state index contributed by atoms with van der Waals surface area (Å²) in [6, 6.07) is 8.39. The van der Waals surface area contributed by atoms with Gasteiger partial charge in [-0.05, 0) is 17.0 Å². The topological polar surface area (TPSA) is 46.3 Å². The number of rotatable bonds is 2. The molecule has 1 saturated heterocycles. The van der Waals surface area contributed by atoms with Crippen LogP contribution in [0.25, 0.3) is 0 Å². The molecule has 1 amide bonds. The van der Waals surface area contributed by atoms with Crippen molar-refractivity contribution in [1.29, 1.82) is 0 Å². The van der Waals surface area contributed by atoms with Crippen LogP contribution < -0.4 is 5.73 Å². The zero-order chi connectivity index (χ0) is 12.6. The summed E-state index contributed by atoms with van der Waals surface area (Å²) in [7, 11) is 1.83. The fourth-order valence-corrected chi connectivity index (χ4v) is 2.45. The molecular formula is C14H20N2O. The van der Waals surface area contributed by atoms with Gasteiger partial charge >= 0.3 is 0 Å². The first-order valence-electron chi connectivity index (χ1n) is 6.12. The summed E-state index contributed by atoms with van der Waals surface area (Å²) >= 11 is 0. The maximum Gasteiger partial charge on any atom is 0.224 e. The fraction of sp³-hybridized carbons (Fsp3) is 0.500. The normalized spacial score (nSPS) is 24.8. The molecule has 2 rings (SSSR count). The van der Waals surface area contributed by atoms with E-state index in [9.17, 15) is 4.79 Å². The van der Waals surface area contributed by atoms with E-state index in [1.807, 2.05) is 7.05 Å². The first-order chi connectivity index (χ1) is 8.00. The summed E-state index contributed by atoms with van der Waals surface area (Å²) in [6.07, 6.45) is 0.451. The van der Waals surface area contributed by atoms with Gasteiger partial charge in [0.1, 0.15) is 0 Å². The zero-order valence-electron chi connectivity index (χ0n) is 10.7.